The average molecular weight is 447 g/mol. The number of hydrogen-bond donors (Lipinski definition) is 1. The molecule has 1 atom stereocenters. The van der Waals surface area contributed by atoms with Crippen LogP contribution in [0, 0.1) is 6.92 Å². The predicted octanol–water partition coefficient (Wildman–Crippen LogP) is 4.86. The number of nitrogens with zero attached hydrogens (tertiary/aromatic N) is 1. The quantitative estimate of drug-likeness (QED) is 0.452. The number of rotatable bonds is 10. The molecule has 32 heavy (non-hydrogen) atoms. The lowest BCUT2D eigenvalue weighted by Crippen LogP contribution is -2.49. The zero-order chi connectivity index (χ0) is 22.8. The molecule has 2 amide bonds. The van der Waals surface area contributed by atoms with E-state index in [1.165, 1.54) is 0 Å². The Kier molecular flexibility index (Phi) is 8.93. The number of carbonyl (C=O) groups is 2. The zero-order valence-electron chi connectivity index (χ0n) is 18.7. The van der Waals surface area contributed by atoms with E-state index >= 15 is 0 Å². The Hall–Kier alpha value is -3.05. The first kappa shape index (κ1) is 23.6. The molecule has 3 aromatic carbocycles. The second-order valence-electron chi connectivity index (χ2n) is 7.74. The van der Waals surface area contributed by atoms with Crippen LogP contribution in [0.2, 0.25) is 0 Å². The number of likely N-dealkylation sites (N-methyl/N-ethyl adjacent to an activating group) is 1. The van der Waals surface area contributed by atoms with Crippen LogP contribution in [-0.4, -0.2) is 35.6 Å². The van der Waals surface area contributed by atoms with E-state index in [2.05, 4.69) is 11.4 Å². The minimum atomic E-state index is -0.572. The van der Waals surface area contributed by atoms with Crippen molar-refractivity contribution in [1.29, 1.82) is 0 Å². The van der Waals surface area contributed by atoms with Crippen LogP contribution in [-0.2, 0) is 22.6 Å². The molecule has 0 spiro atoms. The molecular weight excluding hydrogens is 416 g/mol. The second-order valence-corrected chi connectivity index (χ2v) is 8.91. The highest BCUT2D eigenvalue weighted by molar-refractivity contribution is 7.99. The molecule has 5 heteroatoms. The van der Waals surface area contributed by atoms with Crippen molar-refractivity contribution in [3.63, 3.8) is 0 Å². The normalized spacial score (nSPS) is 11.6. The SMILES string of the molecule is CNC(=O)[C@H](Cc1ccccc1)N(Cc1cccc(C)c1)C(=O)CCSc1ccccc1. The van der Waals surface area contributed by atoms with Gasteiger partial charge in [-0.25, -0.2) is 0 Å². The molecule has 4 nitrogen and oxygen atoms in total. The van der Waals surface area contributed by atoms with Crippen molar-refractivity contribution < 1.29 is 9.59 Å². The van der Waals surface area contributed by atoms with Gasteiger partial charge in [0.25, 0.3) is 0 Å². The highest BCUT2D eigenvalue weighted by Gasteiger charge is 2.29. The van der Waals surface area contributed by atoms with E-state index in [-0.39, 0.29) is 11.8 Å². The van der Waals surface area contributed by atoms with Crippen molar-refractivity contribution in [2.75, 3.05) is 12.8 Å². The number of nitrogens with one attached hydrogen (secondary N) is 1. The lowest BCUT2D eigenvalue weighted by molar-refractivity contribution is -0.140. The lowest BCUT2D eigenvalue weighted by atomic mass is 10.0. The molecule has 0 saturated carbocycles. The van der Waals surface area contributed by atoms with E-state index in [1.807, 2.05) is 85.8 Å². The molecule has 0 bridgehead atoms. The molecule has 0 heterocycles. The minimum Gasteiger partial charge on any atom is -0.357 e. The summed E-state index contributed by atoms with van der Waals surface area (Å²) in [6, 6.07) is 27.5. The molecule has 1 N–H and O–H groups in total. The molecule has 0 aliphatic heterocycles. The Balaban J connectivity index is 1.81. The van der Waals surface area contributed by atoms with Gasteiger partial charge >= 0.3 is 0 Å². The van der Waals surface area contributed by atoms with E-state index in [9.17, 15) is 9.59 Å². The van der Waals surface area contributed by atoms with Gasteiger partial charge in [0.2, 0.25) is 11.8 Å². The minimum absolute atomic E-state index is 0.0144. The third kappa shape index (κ3) is 6.99. The zero-order valence-corrected chi connectivity index (χ0v) is 19.5. The van der Waals surface area contributed by atoms with Gasteiger partial charge in [-0.2, -0.15) is 0 Å². The standard InChI is InChI=1S/C27H30N2O2S/c1-21-10-9-13-23(18-21)20-29(26(30)16-17-32-24-14-7-4-8-15-24)25(27(31)28-2)19-22-11-5-3-6-12-22/h3-15,18,25H,16-17,19-20H2,1-2H3,(H,28,31)/t25-/m0/s1. The Morgan fingerprint density at radius 3 is 2.22 bits per heavy atom. The maximum atomic E-state index is 13.4. The molecule has 3 rings (SSSR count). The molecule has 0 saturated heterocycles. The van der Waals surface area contributed by atoms with Crippen LogP contribution in [0.4, 0.5) is 0 Å². The number of amides is 2. The van der Waals surface area contributed by atoms with Crippen LogP contribution in [0.5, 0.6) is 0 Å². The molecular formula is C27H30N2O2S. The predicted molar refractivity (Wildman–Crippen MR) is 132 cm³/mol. The van der Waals surface area contributed by atoms with Gasteiger partial charge in [0.1, 0.15) is 6.04 Å². The molecule has 0 aliphatic carbocycles. The number of thioether (sulfide) groups is 1. The van der Waals surface area contributed by atoms with Crippen molar-refractivity contribution in [3.8, 4) is 0 Å². The maximum absolute atomic E-state index is 13.4. The van der Waals surface area contributed by atoms with E-state index in [0.29, 0.717) is 25.1 Å². The van der Waals surface area contributed by atoms with Crippen LogP contribution in [0.1, 0.15) is 23.1 Å². The van der Waals surface area contributed by atoms with Gasteiger partial charge in [-0.05, 0) is 30.2 Å². The molecule has 0 radical (unpaired) electrons. The number of aryl methyl sites for hydroxylation is 1. The third-order valence-electron chi connectivity index (χ3n) is 5.28. The van der Waals surface area contributed by atoms with Crippen molar-refractivity contribution in [2.45, 2.75) is 37.2 Å². The van der Waals surface area contributed by atoms with Crippen LogP contribution < -0.4 is 5.32 Å². The first-order chi connectivity index (χ1) is 15.6. The number of hydrogen-bond acceptors (Lipinski definition) is 3. The second kappa shape index (κ2) is 12.1. The van der Waals surface area contributed by atoms with Crippen molar-refractivity contribution in [3.05, 3.63) is 102 Å². The maximum Gasteiger partial charge on any atom is 0.242 e. The first-order valence-corrected chi connectivity index (χ1v) is 11.8. The van der Waals surface area contributed by atoms with Crippen LogP contribution in [0.25, 0.3) is 0 Å². The van der Waals surface area contributed by atoms with Crippen LogP contribution in [0.15, 0.2) is 89.8 Å². The summed E-state index contributed by atoms with van der Waals surface area (Å²) in [6.45, 7) is 2.44. The summed E-state index contributed by atoms with van der Waals surface area (Å²) < 4.78 is 0. The summed E-state index contributed by atoms with van der Waals surface area (Å²) in [5.41, 5.74) is 3.19. The summed E-state index contributed by atoms with van der Waals surface area (Å²) >= 11 is 1.66. The highest BCUT2D eigenvalue weighted by Crippen LogP contribution is 2.21. The molecule has 0 aromatic heterocycles. The van der Waals surface area contributed by atoms with Gasteiger partial charge in [0, 0.05) is 37.1 Å². The molecule has 3 aromatic rings. The van der Waals surface area contributed by atoms with Gasteiger partial charge in [0.15, 0.2) is 0 Å². The molecule has 166 valence electrons. The fourth-order valence-corrected chi connectivity index (χ4v) is 4.51. The molecule has 0 aliphatic rings. The Bertz CT molecular complexity index is 1010. The Morgan fingerprint density at radius 2 is 1.56 bits per heavy atom. The van der Waals surface area contributed by atoms with Crippen molar-refractivity contribution in [1.82, 2.24) is 10.2 Å². The Morgan fingerprint density at radius 1 is 0.906 bits per heavy atom. The Labute approximate surface area is 195 Å². The van der Waals surface area contributed by atoms with Gasteiger partial charge in [-0.1, -0.05) is 78.4 Å². The average Bonchev–Trinajstić information content (AvgIpc) is 2.82. The monoisotopic (exact) mass is 446 g/mol. The van der Waals surface area contributed by atoms with Gasteiger partial charge < -0.3 is 10.2 Å². The largest absolute Gasteiger partial charge is 0.357 e. The first-order valence-electron chi connectivity index (χ1n) is 10.8. The van der Waals surface area contributed by atoms with E-state index < -0.39 is 6.04 Å². The van der Waals surface area contributed by atoms with Crippen molar-refractivity contribution in [2.24, 2.45) is 0 Å². The summed E-state index contributed by atoms with van der Waals surface area (Å²) in [5.74, 6) is 0.504. The van der Waals surface area contributed by atoms with Crippen LogP contribution >= 0.6 is 11.8 Å². The fourth-order valence-electron chi connectivity index (χ4n) is 3.64. The molecule has 0 fully saturated rings. The van der Waals surface area contributed by atoms with Gasteiger partial charge in [-0.3, -0.25) is 9.59 Å². The summed E-state index contributed by atoms with van der Waals surface area (Å²) in [6.07, 6.45) is 0.845. The third-order valence-corrected chi connectivity index (χ3v) is 6.29. The summed E-state index contributed by atoms with van der Waals surface area (Å²) in [5, 5.41) is 2.76. The number of benzene rings is 3. The smallest absolute Gasteiger partial charge is 0.242 e. The topological polar surface area (TPSA) is 49.4 Å². The van der Waals surface area contributed by atoms with E-state index in [4.69, 9.17) is 0 Å². The van der Waals surface area contributed by atoms with Gasteiger partial charge in [-0.15, -0.1) is 11.8 Å². The summed E-state index contributed by atoms with van der Waals surface area (Å²) in [7, 11) is 1.63. The molecule has 0 unspecified atom stereocenters. The summed E-state index contributed by atoms with van der Waals surface area (Å²) in [4.78, 5) is 29.2. The van der Waals surface area contributed by atoms with E-state index in [0.717, 1.165) is 21.6 Å². The van der Waals surface area contributed by atoms with E-state index in [1.54, 1.807) is 23.7 Å². The number of carbonyl (C=O) groups excluding carboxylic acids is 2. The van der Waals surface area contributed by atoms with Crippen LogP contribution in [0.3, 0.4) is 0 Å². The highest BCUT2D eigenvalue weighted by atomic mass is 32.2. The van der Waals surface area contributed by atoms with Crippen molar-refractivity contribution >= 4 is 23.6 Å². The van der Waals surface area contributed by atoms with Gasteiger partial charge in [0.05, 0.1) is 0 Å². The lowest BCUT2D eigenvalue weighted by Gasteiger charge is -2.31. The fraction of sp³-hybridized carbons (Fsp3) is 0.259.